The van der Waals surface area contributed by atoms with Crippen LogP contribution in [0.25, 0.3) is 10.9 Å². The molecule has 1 aromatic carbocycles. The summed E-state index contributed by atoms with van der Waals surface area (Å²) in [5, 5.41) is 0.778. The van der Waals surface area contributed by atoms with E-state index in [1.54, 1.807) is 12.3 Å². The maximum atomic E-state index is 11.5. The van der Waals surface area contributed by atoms with Gasteiger partial charge in [-0.15, -0.1) is 0 Å². The average Bonchev–Trinajstić information content (AvgIpc) is 2.07. The van der Waals surface area contributed by atoms with Crippen LogP contribution < -0.4 is 5.43 Å². The summed E-state index contributed by atoms with van der Waals surface area (Å²) in [7, 11) is 0. The van der Waals surface area contributed by atoms with Gasteiger partial charge in [0.1, 0.15) is 0 Å². The number of rotatable bonds is 0. The van der Waals surface area contributed by atoms with Crippen molar-refractivity contribution in [2.75, 3.05) is 0 Å². The van der Waals surface area contributed by atoms with E-state index in [2.05, 4.69) is 11.1 Å². The third-order valence-electron chi connectivity index (χ3n) is 2.21. The first-order valence-corrected chi connectivity index (χ1v) is 4.27. The van der Waals surface area contributed by atoms with Crippen LogP contribution in [-0.4, -0.2) is 4.98 Å². The number of H-pyrrole nitrogens is 1. The van der Waals surface area contributed by atoms with Gasteiger partial charge in [0.15, 0.2) is 5.43 Å². The number of aromatic amines is 1. The Balaban J connectivity index is 3.03. The molecule has 2 aromatic rings. The molecule has 66 valence electrons. The van der Waals surface area contributed by atoms with Crippen LogP contribution in [0.2, 0.25) is 0 Å². The molecule has 0 unspecified atom stereocenters. The number of hydrogen-bond donors (Lipinski definition) is 1. The van der Waals surface area contributed by atoms with E-state index in [1.165, 1.54) is 0 Å². The first-order chi connectivity index (χ1) is 6.18. The van der Waals surface area contributed by atoms with Crippen molar-refractivity contribution in [2.45, 2.75) is 13.8 Å². The first-order valence-electron chi connectivity index (χ1n) is 4.27. The Hall–Kier alpha value is -1.57. The van der Waals surface area contributed by atoms with Gasteiger partial charge in [0, 0.05) is 17.6 Å². The number of hydrogen-bond acceptors (Lipinski definition) is 1. The van der Waals surface area contributed by atoms with Crippen LogP contribution in [0, 0.1) is 13.8 Å². The second kappa shape index (κ2) is 2.73. The lowest BCUT2D eigenvalue weighted by Gasteiger charge is -2.02. The van der Waals surface area contributed by atoms with Crippen LogP contribution in [0.1, 0.15) is 11.1 Å². The van der Waals surface area contributed by atoms with Gasteiger partial charge in [0.2, 0.25) is 0 Å². The highest BCUT2D eigenvalue weighted by atomic mass is 16.1. The second-order valence-electron chi connectivity index (χ2n) is 3.35. The predicted octanol–water partition coefficient (Wildman–Crippen LogP) is 2.14. The molecule has 0 bridgehead atoms. The summed E-state index contributed by atoms with van der Waals surface area (Å²) >= 11 is 0. The van der Waals surface area contributed by atoms with Crippen molar-refractivity contribution < 1.29 is 0 Å². The monoisotopic (exact) mass is 173 g/mol. The third-order valence-corrected chi connectivity index (χ3v) is 2.21. The molecule has 1 aromatic heterocycles. The van der Waals surface area contributed by atoms with E-state index in [0.29, 0.717) is 0 Å². The molecule has 0 aliphatic rings. The van der Waals surface area contributed by atoms with Gasteiger partial charge in [0.25, 0.3) is 0 Å². The molecule has 2 rings (SSSR count). The van der Waals surface area contributed by atoms with E-state index in [0.717, 1.165) is 22.0 Å². The predicted molar refractivity (Wildman–Crippen MR) is 54.0 cm³/mol. The lowest BCUT2D eigenvalue weighted by Crippen LogP contribution is -2.01. The highest BCUT2D eigenvalue weighted by Crippen LogP contribution is 2.14. The number of fused-ring (bicyclic) bond motifs is 1. The summed E-state index contributed by atoms with van der Waals surface area (Å²) in [6.45, 7) is 4.00. The second-order valence-corrected chi connectivity index (χ2v) is 3.35. The van der Waals surface area contributed by atoms with Crippen LogP contribution in [0.5, 0.6) is 0 Å². The van der Waals surface area contributed by atoms with Gasteiger partial charge in [0.05, 0.1) is 5.52 Å². The molecule has 0 radical (unpaired) electrons. The molecule has 0 fully saturated rings. The van der Waals surface area contributed by atoms with Crippen molar-refractivity contribution in [3.05, 3.63) is 45.7 Å². The largest absolute Gasteiger partial charge is 0.361 e. The van der Waals surface area contributed by atoms with Gasteiger partial charge in [-0.3, -0.25) is 4.79 Å². The molecule has 0 aliphatic heterocycles. The molecular formula is C11H11NO. The SMILES string of the molecule is Cc1cc(C)c2[nH]ccc(=O)c2c1. The van der Waals surface area contributed by atoms with E-state index < -0.39 is 0 Å². The van der Waals surface area contributed by atoms with E-state index in [1.807, 2.05) is 19.9 Å². The van der Waals surface area contributed by atoms with Crippen molar-refractivity contribution in [1.29, 1.82) is 0 Å². The Labute approximate surface area is 76.2 Å². The van der Waals surface area contributed by atoms with Crippen molar-refractivity contribution in [3.63, 3.8) is 0 Å². The standard InChI is InChI=1S/C11H11NO/c1-7-5-8(2)11-9(6-7)10(13)3-4-12-11/h3-6H,1-2H3,(H,12,13). The molecule has 0 saturated heterocycles. The van der Waals surface area contributed by atoms with Crippen molar-refractivity contribution in [2.24, 2.45) is 0 Å². The minimum atomic E-state index is 0.0838. The molecule has 0 atom stereocenters. The van der Waals surface area contributed by atoms with Gasteiger partial charge >= 0.3 is 0 Å². The first kappa shape index (κ1) is 8.05. The molecule has 13 heavy (non-hydrogen) atoms. The lowest BCUT2D eigenvalue weighted by molar-refractivity contribution is 1.33. The maximum Gasteiger partial charge on any atom is 0.189 e. The van der Waals surface area contributed by atoms with Crippen LogP contribution in [0.4, 0.5) is 0 Å². The van der Waals surface area contributed by atoms with Gasteiger partial charge < -0.3 is 4.98 Å². The van der Waals surface area contributed by atoms with Gasteiger partial charge in [-0.05, 0) is 31.0 Å². The summed E-state index contributed by atoms with van der Waals surface area (Å²) in [4.78, 5) is 14.6. The molecule has 2 heteroatoms. The van der Waals surface area contributed by atoms with E-state index in [9.17, 15) is 4.79 Å². The zero-order valence-electron chi connectivity index (χ0n) is 7.72. The normalized spacial score (nSPS) is 10.6. The molecule has 0 amide bonds. The quantitative estimate of drug-likeness (QED) is 0.650. The highest BCUT2D eigenvalue weighted by molar-refractivity contribution is 5.81. The Morgan fingerprint density at radius 3 is 2.77 bits per heavy atom. The van der Waals surface area contributed by atoms with Crippen LogP contribution in [0.15, 0.2) is 29.2 Å². The smallest absolute Gasteiger partial charge is 0.189 e. The minimum absolute atomic E-state index is 0.0838. The lowest BCUT2D eigenvalue weighted by atomic mass is 10.1. The molecule has 2 nitrogen and oxygen atoms in total. The number of aromatic nitrogens is 1. The highest BCUT2D eigenvalue weighted by Gasteiger charge is 2.00. The van der Waals surface area contributed by atoms with Gasteiger partial charge in [-0.2, -0.15) is 0 Å². The molecule has 0 saturated carbocycles. The topological polar surface area (TPSA) is 32.9 Å². The summed E-state index contributed by atoms with van der Waals surface area (Å²) in [6.07, 6.45) is 1.69. The Morgan fingerprint density at radius 1 is 1.23 bits per heavy atom. The van der Waals surface area contributed by atoms with Crippen molar-refractivity contribution >= 4 is 10.9 Å². The Bertz CT molecular complexity index is 511. The van der Waals surface area contributed by atoms with Crippen molar-refractivity contribution in [3.8, 4) is 0 Å². The molecular weight excluding hydrogens is 162 g/mol. The number of aryl methyl sites for hydroxylation is 2. The van der Waals surface area contributed by atoms with Gasteiger partial charge in [-0.25, -0.2) is 0 Å². The number of pyridine rings is 1. The zero-order valence-corrected chi connectivity index (χ0v) is 7.72. The average molecular weight is 173 g/mol. The van der Waals surface area contributed by atoms with Crippen molar-refractivity contribution in [1.82, 2.24) is 4.98 Å². The Morgan fingerprint density at radius 2 is 2.00 bits per heavy atom. The summed E-state index contributed by atoms with van der Waals surface area (Å²) in [6, 6.07) is 5.54. The minimum Gasteiger partial charge on any atom is -0.361 e. The zero-order chi connectivity index (χ0) is 9.42. The van der Waals surface area contributed by atoms with Crippen LogP contribution in [0.3, 0.4) is 0 Å². The fourth-order valence-electron chi connectivity index (χ4n) is 1.64. The van der Waals surface area contributed by atoms with E-state index in [4.69, 9.17) is 0 Å². The fraction of sp³-hybridized carbons (Fsp3) is 0.182. The fourth-order valence-corrected chi connectivity index (χ4v) is 1.64. The van der Waals surface area contributed by atoms with E-state index >= 15 is 0 Å². The third kappa shape index (κ3) is 1.24. The molecule has 0 spiro atoms. The summed E-state index contributed by atoms with van der Waals surface area (Å²) in [5.41, 5.74) is 3.27. The Kier molecular flexibility index (Phi) is 1.69. The molecule has 0 aliphatic carbocycles. The number of benzene rings is 1. The van der Waals surface area contributed by atoms with Gasteiger partial charge in [-0.1, -0.05) is 6.07 Å². The summed E-state index contributed by atoms with van der Waals surface area (Å²) < 4.78 is 0. The van der Waals surface area contributed by atoms with Crippen LogP contribution >= 0.6 is 0 Å². The molecule has 1 N–H and O–H groups in total. The summed E-state index contributed by atoms with van der Waals surface area (Å²) in [5.74, 6) is 0. The van der Waals surface area contributed by atoms with E-state index in [-0.39, 0.29) is 5.43 Å². The number of nitrogens with one attached hydrogen (secondary N) is 1. The molecule has 1 heterocycles. The maximum absolute atomic E-state index is 11.5. The van der Waals surface area contributed by atoms with Crippen LogP contribution in [-0.2, 0) is 0 Å².